The first kappa shape index (κ1) is 17.1. The van der Waals surface area contributed by atoms with Crippen molar-refractivity contribution in [3.8, 4) is 0 Å². The number of hydrogen-bond donors (Lipinski definition) is 2. The highest BCUT2D eigenvalue weighted by Gasteiger charge is 2.24. The van der Waals surface area contributed by atoms with Crippen LogP contribution in [0.2, 0.25) is 0 Å². The average Bonchev–Trinajstić information content (AvgIpc) is 3.18. The van der Waals surface area contributed by atoms with Crippen LogP contribution in [-0.2, 0) is 13.0 Å². The highest BCUT2D eigenvalue weighted by Crippen LogP contribution is 2.12. The van der Waals surface area contributed by atoms with E-state index in [1.165, 1.54) is 24.8 Å². The van der Waals surface area contributed by atoms with Gasteiger partial charge in [0.1, 0.15) is 0 Å². The monoisotopic (exact) mass is 329 g/mol. The van der Waals surface area contributed by atoms with Crippen LogP contribution in [0, 0.1) is 0 Å². The molecule has 130 valence electrons. The third kappa shape index (κ3) is 4.87. The van der Waals surface area contributed by atoms with Gasteiger partial charge in [-0.2, -0.15) is 4.98 Å². The Labute approximate surface area is 143 Å². The summed E-state index contributed by atoms with van der Waals surface area (Å²) >= 11 is 0. The predicted molar refractivity (Wildman–Crippen MR) is 93.3 cm³/mol. The van der Waals surface area contributed by atoms with Crippen molar-refractivity contribution in [1.82, 2.24) is 25.9 Å². The molecule has 0 bridgehead atoms. The Morgan fingerprint density at radius 2 is 2.00 bits per heavy atom. The maximum atomic E-state index is 5.39. The number of benzene rings is 1. The van der Waals surface area contributed by atoms with Gasteiger partial charge in [0.15, 0.2) is 5.82 Å². The zero-order valence-corrected chi connectivity index (χ0v) is 14.5. The first-order valence-electron chi connectivity index (χ1n) is 8.78. The molecule has 6 heteroatoms. The predicted octanol–water partition coefficient (Wildman–Crippen LogP) is 2.13. The molecular weight excluding hydrogens is 302 g/mol. The third-order valence-electron chi connectivity index (χ3n) is 4.35. The number of nitrogens with one attached hydrogen (secondary N) is 2. The van der Waals surface area contributed by atoms with Crippen molar-refractivity contribution in [2.24, 2.45) is 0 Å². The summed E-state index contributed by atoms with van der Waals surface area (Å²) in [5.74, 6) is 1.42. The molecule has 1 aliphatic heterocycles. The molecule has 24 heavy (non-hydrogen) atoms. The standard InChI is InChI=1S/C18H27N5O/c1-3-7-15-11-16(21-20-15)12-23(2)13-18-19-17(22-24-18)10-14-8-5-4-6-9-14/h4-6,8-9,15-16,20-21H,3,7,10-13H2,1-2H3. The van der Waals surface area contributed by atoms with Gasteiger partial charge in [-0.25, -0.2) is 0 Å². The molecule has 2 N–H and O–H groups in total. The number of likely N-dealkylation sites (N-methyl/N-ethyl adjacent to an activating group) is 1. The normalized spacial score (nSPS) is 20.8. The van der Waals surface area contributed by atoms with Gasteiger partial charge >= 0.3 is 0 Å². The molecule has 1 aromatic heterocycles. The van der Waals surface area contributed by atoms with Crippen LogP contribution in [0.25, 0.3) is 0 Å². The van der Waals surface area contributed by atoms with Crippen molar-refractivity contribution >= 4 is 0 Å². The number of rotatable bonds is 8. The van der Waals surface area contributed by atoms with Gasteiger partial charge in [0.25, 0.3) is 0 Å². The lowest BCUT2D eigenvalue weighted by molar-refractivity contribution is 0.246. The summed E-state index contributed by atoms with van der Waals surface area (Å²) in [6.45, 7) is 3.87. The molecule has 0 amide bonds. The number of hydrogen-bond acceptors (Lipinski definition) is 6. The molecule has 0 spiro atoms. The molecule has 1 aromatic carbocycles. The second kappa shape index (κ2) is 8.37. The Bertz CT molecular complexity index is 615. The second-order valence-corrected chi connectivity index (χ2v) is 6.67. The van der Waals surface area contributed by atoms with E-state index in [0.29, 0.717) is 30.9 Å². The van der Waals surface area contributed by atoms with E-state index in [1.54, 1.807) is 0 Å². The quantitative estimate of drug-likeness (QED) is 0.773. The lowest BCUT2D eigenvalue weighted by atomic mass is 10.1. The summed E-state index contributed by atoms with van der Waals surface area (Å²) < 4.78 is 5.39. The van der Waals surface area contributed by atoms with Gasteiger partial charge < -0.3 is 4.52 Å². The van der Waals surface area contributed by atoms with Crippen LogP contribution >= 0.6 is 0 Å². The molecule has 2 heterocycles. The maximum Gasteiger partial charge on any atom is 0.240 e. The molecule has 2 atom stereocenters. The SMILES string of the molecule is CCCC1CC(CN(C)Cc2nc(Cc3ccccc3)no2)NN1. The first-order chi connectivity index (χ1) is 11.7. The van der Waals surface area contributed by atoms with E-state index < -0.39 is 0 Å². The molecule has 1 saturated heterocycles. The van der Waals surface area contributed by atoms with Crippen LogP contribution in [0.1, 0.15) is 43.5 Å². The third-order valence-corrected chi connectivity index (χ3v) is 4.35. The molecule has 0 saturated carbocycles. The van der Waals surface area contributed by atoms with E-state index in [2.05, 4.69) is 52.0 Å². The number of nitrogens with zero attached hydrogens (tertiary/aromatic N) is 3. The fourth-order valence-corrected chi connectivity index (χ4v) is 3.23. The number of hydrazine groups is 1. The smallest absolute Gasteiger partial charge is 0.240 e. The fourth-order valence-electron chi connectivity index (χ4n) is 3.23. The first-order valence-corrected chi connectivity index (χ1v) is 8.78. The zero-order chi connectivity index (χ0) is 16.8. The molecular formula is C18H27N5O. The van der Waals surface area contributed by atoms with Gasteiger partial charge in [-0.3, -0.25) is 15.8 Å². The highest BCUT2D eigenvalue weighted by atomic mass is 16.5. The van der Waals surface area contributed by atoms with E-state index >= 15 is 0 Å². The van der Waals surface area contributed by atoms with Gasteiger partial charge in [-0.05, 0) is 25.5 Å². The van der Waals surface area contributed by atoms with Crippen molar-refractivity contribution in [1.29, 1.82) is 0 Å². The van der Waals surface area contributed by atoms with Crippen molar-refractivity contribution < 1.29 is 4.52 Å². The van der Waals surface area contributed by atoms with Crippen LogP contribution in [0.4, 0.5) is 0 Å². The second-order valence-electron chi connectivity index (χ2n) is 6.67. The van der Waals surface area contributed by atoms with Gasteiger partial charge in [0, 0.05) is 25.0 Å². The topological polar surface area (TPSA) is 66.2 Å². The van der Waals surface area contributed by atoms with E-state index in [4.69, 9.17) is 4.52 Å². The van der Waals surface area contributed by atoms with Gasteiger partial charge in [-0.15, -0.1) is 0 Å². The molecule has 0 radical (unpaired) electrons. The minimum atomic E-state index is 0.471. The van der Waals surface area contributed by atoms with Crippen molar-refractivity contribution in [2.75, 3.05) is 13.6 Å². The average molecular weight is 329 g/mol. The Kier molecular flexibility index (Phi) is 5.96. The lowest BCUT2D eigenvalue weighted by Crippen LogP contribution is -2.39. The summed E-state index contributed by atoms with van der Waals surface area (Å²) in [7, 11) is 2.09. The molecule has 0 aliphatic carbocycles. The van der Waals surface area contributed by atoms with Crippen LogP contribution in [0.15, 0.2) is 34.9 Å². The molecule has 3 rings (SSSR count). The summed E-state index contributed by atoms with van der Waals surface area (Å²) in [6.07, 6.45) is 4.32. The minimum absolute atomic E-state index is 0.471. The van der Waals surface area contributed by atoms with Crippen LogP contribution < -0.4 is 10.9 Å². The molecule has 1 fully saturated rings. The Morgan fingerprint density at radius 3 is 2.79 bits per heavy atom. The number of aromatic nitrogens is 2. The Morgan fingerprint density at radius 1 is 1.21 bits per heavy atom. The summed E-state index contributed by atoms with van der Waals surface area (Å²) in [4.78, 5) is 6.74. The molecule has 2 aromatic rings. The lowest BCUT2D eigenvalue weighted by Gasteiger charge is -2.18. The zero-order valence-electron chi connectivity index (χ0n) is 14.5. The van der Waals surface area contributed by atoms with E-state index in [-0.39, 0.29) is 0 Å². The summed E-state index contributed by atoms with van der Waals surface area (Å²) in [5, 5.41) is 4.09. The molecule has 1 aliphatic rings. The van der Waals surface area contributed by atoms with Gasteiger partial charge in [0.2, 0.25) is 5.89 Å². The van der Waals surface area contributed by atoms with Crippen LogP contribution in [0.3, 0.4) is 0 Å². The summed E-state index contributed by atoms with van der Waals surface area (Å²) in [5.41, 5.74) is 7.96. The van der Waals surface area contributed by atoms with Gasteiger partial charge in [0.05, 0.1) is 6.54 Å². The van der Waals surface area contributed by atoms with Crippen molar-refractivity contribution in [3.05, 3.63) is 47.6 Å². The van der Waals surface area contributed by atoms with Crippen molar-refractivity contribution in [3.63, 3.8) is 0 Å². The maximum absolute atomic E-state index is 5.39. The highest BCUT2D eigenvalue weighted by molar-refractivity contribution is 5.18. The van der Waals surface area contributed by atoms with Crippen LogP contribution in [0.5, 0.6) is 0 Å². The van der Waals surface area contributed by atoms with E-state index in [1.807, 2.05) is 18.2 Å². The largest absolute Gasteiger partial charge is 0.338 e. The Balaban J connectivity index is 1.46. The molecule has 2 unspecified atom stereocenters. The Hall–Kier alpha value is -1.76. The van der Waals surface area contributed by atoms with Gasteiger partial charge in [-0.1, -0.05) is 48.8 Å². The van der Waals surface area contributed by atoms with Crippen LogP contribution in [-0.4, -0.2) is 40.7 Å². The summed E-state index contributed by atoms with van der Waals surface area (Å²) in [6, 6.07) is 11.3. The fraction of sp³-hybridized carbons (Fsp3) is 0.556. The van der Waals surface area contributed by atoms with E-state index in [0.717, 1.165) is 12.4 Å². The van der Waals surface area contributed by atoms with E-state index in [9.17, 15) is 0 Å². The minimum Gasteiger partial charge on any atom is -0.338 e. The van der Waals surface area contributed by atoms with Crippen molar-refractivity contribution in [2.45, 2.75) is 51.2 Å². The molecule has 6 nitrogen and oxygen atoms in total.